The Labute approximate surface area is 192 Å². The molecular formula is C27H25FN4O. The summed E-state index contributed by atoms with van der Waals surface area (Å²) >= 11 is 0. The molecular weight excluding hydrogens is 415 g/mol. The Morgan fingerprint density at radius 1 is 1.21 bits per heavy atom. The highest BCUT2D eigenvalue weighted by Gasteiger charge is 2.50. The Hall–Kier alpha value is -3.59. The predicted octanol–water partition coefficient (Wildman–Crippen LogP) is 6.20. The molecule has 2 heterocycles. The van der Waals surface area contributed by atoms with E-state index in [4.69, 9.17) is 16.5 Å². The smallest absolute Gasteiger partial charge is 0.203 e. The molecule has 5 nitrogen and oxygen atoms in total. The number of benzene rings is 1. The SMILES string of the molecule is [C-]#[N+]C1=C(O)[C@H](C)[C@H]2CCc3c(-c4ccccc4F)nc(-c4ccnc(C)c4)nc3[C@]2(C)C1. The molecule has 0 bridgehead atoms. The molecule has 0 amide bonds. The topological polar surface area (TPSA) is 63.3 Å². The highest BCUT2D eigenvalue weighted by Crippen LogP contribution is 2.54. The van der Waals surface area contributed by atoms with Crippen molar-refractivity contribution in [3.63, 3.8) is 0 Å². The molecule has 0 aliphatic heterocycles. The first-order valence-electron chi connectivity index (χ1n) is 11.2. The number of hydrogen-bond acceptors (Lipinski definition) is 4. The van der Waals surface area contributed by atoms with Crippen LogP contribution in [-0.4, -0.2) is 20.1 Å². The molecule has 2 aromatic heterocycles. The van der Waals surface area contributed by atoms with E-state index in [1.54, 1.807) is 18.3 Å². The van der Waals surface area contributed by atoms with Crippen LogP contribution in [-0.2, 0) is 11.8 Å². The summed E-state index contributed by atoms with van der Waals surface area (Å²) in [5.74, 6) is 0.392. The van der Waals surface area contributed by atoms with Crippen molar-refractivity contribution in [2.45, 2.75) is 45.4 Å². The van der Waals surface area contributed by atoms with Crippen LogP contribution >= 0.6 is 0 Å². The van der Waals surface area contributed by atoms with Crippen molar-refractivity contribution in [1.29, 1.82) is 0 Å². The van der Waals surface area contributed by atoms with E-state index >= 15 is 0 Å². The highest BCUT2D eigenvalue weighted by molar-refractivity contribution is 5.69. The number of aromatic nitrogens is 3. The summed E-state index contributed by atoms with van der Waals surface area (Å²) in [7, 11) is 0. The Bertz CT molecular complexity index is 1340. The molecule has 1 aromatic carbocycles. The van der Waals surface area contributed by atoms with Gasteiger partial charge in [-0.15, -0.1) is 0 Å². The molecule has 3 aromatic rings. The molecule has 6 heteroatoms. The summed E-state index contributed by atoms with van der Waals surface area (Å²) in [5.41, 5.74) is 4.46. The zero-order valence-corrected chi connectivity index (χ0v) is 18.9. The van der Waals surface area contributed by atoms with Gasteiger partial charge in [-0.05, 0) is 56.4 Å². The van der Waals surface area contributed by atoms with Crippen molar-refractivity contribution in [3.05, 3.63) is 88.2 Å². The Balaban J connectivity index is 1.80. The van der Waals surface area contributed by atoms with Crippen molar-refractivity contribution < 1.29 is 9.50 Å². The predicted molar refractivity (Wildman–Crippen MR) is 125 cm³/mol. The molecule has 5 rings (SSSR count). The van der Waals surface area contributed by atoms with Gasteiger partial charge in [0.2, 0.25) is 5.70 Å². The summed E-state index contributed by atoms with van der Waals surface area (Å²) in [4.78, 5) is 17.9. The highest BCUT2D eigenvalue weighted by atomic mass is 19.1. The van der Waals surface area contributed by atoms with Crippen LogP contribution in [0.25, 0.3) is 27.5 Å². The quantitative estimate of drug-likeness (QED) is 0.482. The van der Waals surface area contributed by atoms with E-state index in [2.05, 4.69) is 16.8 Å². The summed E-state index contributed by atoms with van der Waals surface area (Å²) in [6.07, 6.45) is 3.65. The number of aryl methyl sites for hydroxylation is 1. The molecule has 2 aliphatic carbocycles. The second-order valence-corrected chi connectivity index (χ2v) is 9.36. The summed E-state index contributed by atoms with van der Waals surface area (Å²) in [6, 6.07) is 10.5. The van der Waals surface area contributed by atoms with E-state index in [-0.39, 0.29) is 23.4 Å². The fraction of sp³-hybridized carbons (Fsp3) is 0.333. The molecule has 0 saturated heterocycles. The first kappa shape index (κ1) is 21.3. The number of fused-ring (bicyclic) bond motifs is 3. The Morgan fingerprint density at radius 3 is 2.73 bits per heavy atom. The van der Waals surface area contributed by atoms with Gasteiger partial charge in [0.25, 0.3) is 0 Å². The van der Waals surface area contributed by atoms with Crippen LogP contribution in [0.15, 0.2) is 54.1 Å². The number of halogens is 1. The van der Waals surface area contributed by atoms with Crippen molar-refractivity contribution in [1.82, 2.24) is 15.0 Å². The molecule has 166 valence electrons. The van der Waals surface area contributed by atoms with E-state index < -0.39 is 5.41 Å². The molecule has 0 saturated carbocycles. The summed E-state index contributed by atoms with van der Waals surface area (Å²) in [5, 5.41) is 10.6. The minimum absolute atomic E-state index is 0.130. The van der Waals surface area contributed by atoms with Gasteiger partial charge in [0.05, 0.1) is 23.7 Å². The lowest BCUT2D eigenvalue weighted by atomic mass is 9.57. The number of nitrogens with zero attached hydrogens (tertiary/aromatic N) is 4. The second-order valence-electron chi connectivity index (χ2n) is 9.36. The van der Waals surface area contributed by atoms with Crippen LogP contribution in [0.3, 0.4) is 0 Å². The fourth-order valence-electron chi connectivity index (χ4n) is 5.68. The molecule has 0 radical (unpaired) electrons. The standard InChI is InChI=1S/C27H25FN4O/c1-15-13-17(11-12-30-15)26-31-23(18-7-5-6-8-21(18)28)19-9-10-20-16(2)24(33)22(29-4)14-27(20,3)25(19)32-26/h5-8,11-13,16,20,33H,9-10,14H2,1-3H3/t16-,20-,27-/m1/s1. The third-order valence-corrected chi connectivity index (χ3v) is 7.36. The monoisotopic (exact) mass is 440 g/mol. The lowest BCUT2D eigenvalue weighted by Crippen LogP contribution is -2.45. The minimum atomic E-state index is -0.459. The van der Waals surface area contributed by atoms with Crippen molar-refractivity contribution in [2.24, 2.45) is 11.8 Å². The van der Waals surface area contributed by atoms with Gasteiger partial charge in [0.1, 0.15) is 5.82 Å². The van der Waals surface area contributed by atoms with Gasteiger partial charge < -0.3 is 5.11 Å². The Kier molecular flexibility index (Phi) is 5.01. The third kappa shape index (κ3) is 3.31. The number of rotatable bonds is 2. The van der Waals surface area contributed by atoms with Crippen LogP contribution < -0.4 is 0 Å². The van der Waals surface area contributed by atoms with Gasteiger partial charge in [0.15, 0.2) is 5.82 Å². The van der Waals surface area contributed by atoms with Crippen LogP contribution in [0.5, 0.6) is 0 Å². The Morgan fingerprint density at radius 2 is 2.00 bits per heavy atom. The molecule has 0 spiro atoms. The zero-order chi connectivity index (χ0) is 23.3. The van der Waals surface area contributed by atoms with Gasteiger partial charge in [-0.3, -0.25) is 4.98 Å². The molecule has 33 heavy (non-hydrogen) atoms. The molecule has 1 N–H and O–H groups in total. The zero-order valence-electron chi connectivity index (χ0n) is 18.9. The maximum atomic E-state index is 15.0. The average molecular weight is 441 g/mol. The van der Waals surface area contributed by atoms with Crippen LogP contribution in [0.4, 0.5) is 4.39 Å². The molecule has 3 atom stereocenters. The van der Waals surface area contributed by atoms with Crippen LogP contribution in [0, 0.1) is 31.1 Å². The fourth-order valence-corrected chi connectivity index (χ4v) is 5.68. The first-order chi connectivity index (χ1) is 15.8. The van der Waals surface area contributed by atoms with Gasteiger partial charge in [-0.1, -0.05) is 26.0 Å². The van der Waals surface area contributed by atoms with Crippen molar-refractivity contribution in [3.8, 4) is 22.6 Å². The van der Waals surface area contributed by atoms with Gasteiger partial charge >= 0.3 is 0 Å². The van der Waals surface area contributed by atoms with Crippen LogP contribution in [0.2, 0.25) is 0 Å². The summed E-state index contributed by atoms with van der Waals surface area (Å²) < 4.78 is 15.0. The normalized spacial score (nSPS) is 24.1. The van der Waals surface area contributed by atoms with Crippen molar-refractivity contribution in [2.75, 3.05) is 0 Å². The largest absolute Gasteiger partial charge is 0.523 e. The second kappa shape index (κ2) is 7.77. The van der Waals surface area contributed by atoms with E-state index in [1.165, 1.54) is 6.07 Å². The van der Waals surface area contributed by atoms with Crippen molar-refractivity contribution >= 4 is 0 Å². The number of aliphatic hydroxyl groups excluding tert-OH is 1. The minimum Gasteiger partial charge on any atom is -0.523 e. The average Bonchev–Trinajstić information content (AvgIpc) is 2.81. The lowest BCUT2D eigenvalue weighted by Gasteiger charge is -2.48. The number of hydrogen-bond donors (Lipinski definition) is 1. The number of allylic oxidation sites excluding steroid dienone is 2. The third-order valence-electron chi connectivity index (χ3n) is 7.36. The van der Waals surface area contributed by atoms with Gasteiger partial charge in [0, 0.05) is 39.9 Å². The molecule has 2 aliphatic rings. The molecule has 0 fully saturated rings. The van der Waals surface area contributed by atoms with E-state index in [0.29, 0.717) is 35.6 Å². The molecule has 0 unspecified atom stereocenters. The summed E-state index contributed by atoms with van der Waals surface area (Å²) in [6.45, 7) is 13.6. The van der Waals surface area contributed by atoms with E-state index in [1.807, 2.05) is 32.0 Å². The van der Waals surface area contributed by atoms with E-state index in [9.17, 15) is 9.50 Å². The number of pyridine rings is 1. The number of aliphatic hydroxyl groups is 1. The lowest BCUT2D eigenvalue weighted by molar-refractivity contribution is 0.135. The van der Waals surface area contributed by atoms with Gasteiger partial charge in [-0.25, -0.2) is 19.2 Å². The van der Waals surface area contributed by atoms with Crippen LogP contribution in [0.1, 0.15) is 43.6 Å². The maximum absolute atomic E-state index is 15.0. The maximum Gasteiger partial charge on any atom is 0.203 e. The first-order valence-corrected chi connectivity index (χ1v) is 11.2. The van der Waals surface area contributed by atoms with E-state index in [0.717, 1.165) is 28.9 Å². The van der Waals surface area contributed by atoms with Gasteiger partial charge in [-0.2, -0.15) is 0 Å².